The molecular formula is C51H29N5. The maximum atomic E-state index is 9.83. The summed E-state index contributed by atoms with van der Waals surface area (Å²) in [4.78, 5) is 0. The highest BCUT2D eigenvalue weighted by molar-refractivity contribution is 6.12. The summed E-state index contributed by atoms with van der Waals surface area (Å²) in [6.07, 6.45) is 0. The van der Waals surface area contributed by atoms with Crippen molar-refractivity contribution in [3.05, 3.63) is 193 Å². The molecule has 0 saturated heterocycles. The molecule has 0 radical (unpaired) electrons. The summed E-state index contributed by atoms with van der Waals surface area (Å²) in [6, 6.07) is 67.0. The number of hydrogen-bond acceptors (Lipinski definition) is 3. The summed E-state index contributed by atoms with van der Waals surface area (Å²) in [5.41, 5.74) is 14.2. The van der Waals surface area contributed by atoms with E-state index in [1.807, 2.05) is 66.7 Å². The van der Waals surface area contributed by atoms with Crippen molar-refractivity contribution in [1.82, 2.24) is 9.13 Å². The fourth-order valence-corrected chi connectivity index (χ4v) is 8.17. The SMILES string of the molecule is N#Cc1cccc(-c2cccc(-c3cc(-c4ccc5c(c4)c4ccccc4n5-c4ccccc4)cc(-n4c5ccc(C#N)cc5c5cc(C#N)ccc54)c3)c2)c1. The normalized spacial score (nSPS) is 11.2. The van der Waals surface area contributed by atoms with Gasteiger partial charge in [0.15, 0.2) is 0 Å². The third-order valence-electron chi connectivity index (χ3n) is 10.7. The van der Waals surface area contributed by atoms with E-state index in [2.05, 4.69) is 137 Å². The molecule has 56 heavy (non-hydrogen) atoms. The zero-order chi connectivity index (χ0) is 37.8. The molecule has 0 bridgehead atoms. The molecule has 0 saturated carbocycles. The molecule has 0 atom stereocenters. The Labute approximate surface area is 323 Å². The van der Waals surface area contributed by atoms with Gasteiger partial charge >= 0.3 is 0 Å². The van der Waals surface area contributed by atoms with Gasteiger partial charge in [-0.2, -0.15) is 15.8 Å². The quantitative estimate of drug-likeness (QED) is 0.178. The lowest BCUT2D eigenvalue weighted by Crippen LogP contribution is -1.96. The van der Waals surface area contributed by atoms with E-state index in [-0.39, 0.29) is 0 Å². The molecule has 2 heterocycles. The first-order chi connectivity index (χ1) is 27.6. The van der Waals surface area contributed by atoms with Crippen LogP contribution in [0.15, 0.2) is 176 Å². The molecule has 10 aromatic rings. The van der Waals surface area contributed by atoms with Gasteiger partial charge < -0.3 is 9.13 Å². The Morgan fingerprint density at radius 2 is 0.750 bits per heavy atom. The maximum Gasteiger partial charge on any atom is 0.0991 e. The van der Waals surface area contributed by atoms with Crippen molar-refractivity contribution in [2.45, 2.75) is 0 Å². The second-order valence-electron chi connectivity index (χ2n) is 14.0. The largest absolute Gasteiger partial charge is 0.309 e. The number of rotatable bonds is 5. The van der Waals surface area contributed by atoms with Crippen LogP contribution in [0.4, 0.5) is 0 Å². The molecule has 10 rings (SSSR count). The second-order valence-corrected chi connectivity index (χ2v) is 14.0. The highest BCUT2D eigenvalue weighted by atomic mass is 15.0. The van der Waals surface area contributed by atoms with Crippen molar-refractivity contribution in [3.63, 3.8) is 0 Å². The highest BCUT2D eigenvalue weighted by Crippen LogP contribution is 2.40. The Kier molecular flexibility index (Phi) is 7.57. The van der Waals surface area contributed by atoms with E-state index in [9.17, 15) is 15.8 Å². The zero-order valence-electron chi connectivity index (χ0n) is 30.0. The number of para-hydroxylation sites is 2. The third-order valence-corrected chi connectivity index (χ3v) is 10.7. The van der Waals surface area contributed by atoms with E-state index in [0.29, 0.717) is 16.7 Å². The maximum absolute atomic E-state index is 9.83. The van der Waals surface area contributed by atoms with Crippen LogP contribution < -0.4 is 0 Å². The fraction of sp³-hybridized carbons (Fsp3) is 0. The average molecular weight is 712 g/mol. The number of nitrogens with zero attached hydrogens (tertiary/aromatic N) is 5. The summed E-state index contributed by atoms with van der Waals surface area (Å²) in [5, 5.41) is 33.5. The molecule has 258 valence electrons. The molecule has 0 fully saturated rings. The summed E-state index contributed by atoms with van der Waals surface area (Å²) in [6.45, 7) is 0. The van der Waals surface area contributed by atoms with Gasteiger partial charge in [0.1, 0.15) is 0 Å². The van der Waals surface area contributed by atoms with Gasteiger partial charge in [-0.25, -0.2) is 0 Å². The Morgan fingerprint density at radius 3 is 1.41 bits per heavy atom. The van der Waals surface area contributed by atoms with E-state index in [1.54, 1.807) is 0 Å². The molecule has 0 aliphatic carbocycles. The van der Waals surface area contributed by atoms with E-state index in [0.717, 1.165) is 77.6 Å². The van der Waals surface area contributed by atoms with E-state index in [4.69, 9.17) is 0 Å². The molecule has 5 heteroatoms. The molecular weight excluding hydrogens is 683 g/mol. The van der Waals surface area contributed by atoms with E-state index >= 15 is 0 Å². The summed E-state index contributed by atoms with van der Waals surface area (Å²) in [5.74, 6) is 0. The van der Waals surface area contributed by atoms with Gasteiger partial charge in [-0.05, 0) is 137 Å². The lowest BCUT2D eigenvalue weighted by molar-refractivity contribution is 1.18. The first kappa shape index (κ1) is 32.5. The summed E-state index contributed by atoms with van der Waals surface area (Å²) in [7, 11) is 0. The molecule has 0 N–H and O–H groups in total. The zero-order valence-corrected chi connectivity index (χ0v) is 30.0. The molecule has 8 aromatic carbocycles. The van der Waals surface area contributed by atoms with Crippen molar-refractivity contribution in [1.29, 1.82) is 15.8 Å². The van der Waals surface area contributed by atoms with Gasteiger partial charge in [-0.15, -0.1) is 0 Å². The van der Waals surface area contributed by atoms with Crippen LogP contribution in [0, 0.1) is 34.0 Å². The number of fused-ring (bicyclic) bond motifs is 6. The van der Waals surface area contributed by atoms with Crippen molar-refractivity contribution < 1.29 is 0 Å². The number of hydrogen-bond donors (Lipinski definition) is 0. The summed E-state index contributed by atoms with van der Waals surface area (Å²) >= 11 is 0. The first-order valence-electron chi connectivity index (χ1n) is 18.3. The van der Waals surface area contributed by atoms with Gasteiger partial charge in [0.2, 0.25) is 0 Å². The Morgan fingerprint density at radius 1 is 0.286 bits per heavy atom. The van der Waals surface area contributed by atoms with Crippen LogP contribution >= 0.6 is 0 Å². The highest BCUT2D eigenvalue weighted by Gasteiger charge is 2.18. The third kappa shape index (κ3) is 5.30. The number of aromatic nitrogens is 2. The van der Waals surface area contributed by atoms with Crippen LogP contribution in [0.1, 0.15) is 16.7 Å². The van der Waals surface area contributed by atoms with Crippen LogP contribution in [0.5, 0.6) is 0 Å². The lowest BCUT2D eigenvalue weighted by Gasteiger charge is -2.15. The van der Waals surface area contributed by atoms with Gasteiger partial charge in [0.05, 0.1) is 57.0 Å². The van der Waals surface area contributed by atoms with Crippen molar-refractivity contribution >= 4 is 43.6 Å². The van der Waals surface area contributed by atoms with Crippen molar-refractivity contribution in [3.8, 4) is 63.0 Å². The van der Waals surface area contributed by atoms with Crippen LogP contribution in [0.25, 0.3) is 88.4 Å². The monoisotopic (exact) mass is 711 g/mol. The minimum atomic E-state index is 0.564. The van der Waals surface area contributed by atoms with Crippen molar-refractivity contribution in [2.24, 2.45) is 0 Å². The van der Waals surface area contributed by atoms with Gasteiger partial charge in [-0.1, -0.05) is 72.8 Å². The van der Waals surface area contributed by atoms with Crippen LogP contribution in [-0.4, -0.2) is 9.13 Å². The molecule has 2 aromatic heterocycles. The van der Waals surface area contributed by atoms with E-state index < -0.39 is 0 Å². The van der Waals surface area contributed by atoms with Gasteiger partial charge in [-0.3, -0.25) is 0 Å². The molecule has 0 amide bonds. The molecule has 0 unspecified atom stereocenters. The Balaban J connectivity index is 1.24. The van der Waals surface area contributed by atoms with Crippen LogP contribution in [0.3, 0.4) is 0 Å². The molecule has 5 nitrogen and oxygen atoms in total. The lowest BCUT2D eigenvalue weighted by atomic mass is 9.94. The van der Waals surface area contributed by atoms with Gasteiger partial charge in [0.25, 0.3) is 0 Å². The number of benzene rings is 8. The fourth-order valence-electron chi connectivity index (χ4n) is 8.17. The van der Waals surface area contributed by atoms with Crippen molar-refractivity contribution in [2.75, 3.05) is 0 Å². The van der Waals surface area contributed by atoms with Gasteiger partial charge in [0, 0.05) is 32.9 Å². The Bertz CT molecular complexity index is 3270. The van der Waals surface area contributed by atoms with E-state index in [1.165, 1.54) is 10.8 Å². The average Bonchev–Trinajstić information content (AvgIpc) is 3.78. The van der Waals surface area contributed by atoms with Crippen LogP contribution in [-0.2, 0) is 0 Å². The minimum absolute atomic E-state index is 0.564. The standard InChI is InChI=1S/C51H29N5/c52-30-33-8-6-9-36(22-33)37-10-7-11-38(25-37)40-26-41(39-18-21-51-47(29-39)44-14-4-5-15-48(44)55(51)42-12-2-1-3-13-42)28-43(27-40)56-49-19-16-34(31-53)23-45(49)46-24-35(32-54)17-20-50(46)56/h1-29H. The predicted molar refractivity (Wildman–Crippen MR) is 226 cm³/mol. The predicted octanol–water partition coefficient (Wildman–Crippen LogP) is 12.5. The summed E-state index contributed by atoms with van der Waals surface area (Å²) < 4.78 is 4.56. The topological polar surface area (TPSA) is 81.2 Å². The first-order valence-corrected chi connectivity index (χ1v) is 18.3. The number of nitriles is 3. The van der Waals surface area contributed by atoms with Crippen LogP contribution in [0.2, 0.25) is 0 Å². The smallest absolute Gasteiger partial charge is 0.0991 e. The second kappa shape index (κ2) is 13.0. The molecule has 0 aliphatic heterocycles. The minimum Gasteiger partial charge on any atom is -0.309 e. The molecule has 0 spiro atoms. The molecule has 0 aliphatic rings. The Hall–Kier alpha value is -8.17.